The van der Waals surface area contributed by atoms with Crippen molar-refractivity contribution in [2.24, 2.45) is 17.8 Å². The standard InChI is InChI=1S/C50H96O6/c1-7-46(6)38-32-26-22-23-28-34-40-49(52)55-43-47(42-54-48(51)39-33-27-21-17-19-25-31-37-45(4)5)56-50(53)41-35-29-20-16-14-12-10-8-9-11-13-15-18-24-30-36-44(2)3/h44-47H,7-43H2,1-6H3/t46?,47-/m0/s1. The topological polar surface area (TPSA) is 78.9 Å². The molecule has 2 atom stereocenters. The highest BCUT2D eigenvalue weighted by atomic mass is 16.6. The van der Waals surface area contributed by atoms with Gasteiger partial charge in [0.15, 0.2) is 6.10 Å². The number of carbonyl (C=O) groups excluding carboxylic acids is 3. The van der Waals surface area contributed by atoms with Gasteiger partial charge in [0, 0.05) is 19.3 Å². The predicted octanol–water partition coefficient (Wildman–Crippen LogP) is 15.6. The van der Waals surface area contributed by atoms with Gasteiger partial charge in [0.1, 0.15) is 13.2 Å². The summed E-state index contributed by atoms with van der Waals surface area (Å²) in [5.41, 5.74) is 0. The lowest BCUT2D eigenvalue weighted by Crippen LogP contribution is -2.30. The summed E-state index contributed by atoms with van der Waals surface area (Å²) in [6.07, 6.45) is 39.6. The van der Waals surface area contributed by atoms with Crippen LogP contribution in [0.5, 0.6) is 0 Å². The van der Waals surface area contributed by atoms with Crippen molar-refractivity contribution >= 4 is 17.9 Å². The van der Waals surface area contributed by atoms with E-state index in [0.29, 0.717) is 19.3 Å². The number of unbranched alkanes of at least 4 members (excludes halogenated alkanes) is 25. The highest BCUT2D eigenvalue weighted by molar-refractivity contribution is 5.71. The van der Waals surface area contributed by atoms with E-state index in [0.717, 1.165) is 75.5 Å². The molecule has 0 saturated carbocycles. The van der Waals surface area contributed by atoms with Crippen molar-refractivity contribution in [1.82, 2.24) is 0 Å². The Kier molecular flexibility index (Phi) is 40.4. The summed E-state index contributed by atoms with van der Waals surface area (Å²) in [7, 11) is 0. The lowest BCUT2D eigenvalue weighted by Gasteiger charge is -2.18. The Morgan fingerprint density at radius 1 is 0.357 bits per heavy atom. The molecule has 0 aliphatic rings. The number of hydrogen-bond donors (Lipinski definition) is 0. The maximum atomic E-state index is 12.8. The summed E-state index contributed by atoms with van der Waals surface area (Å²) < 4.78 is 16.7. The lowest BCUT2D eigenvalue weighted by molar-refractivity contribution is -0.167. The second kappa shape index (κ2) is 41.6. The zero-order valence-corrected chi connectivity index (χ0v) is 38.4. The van der Waals surface area contributed by atoms with Crippen LogP contribution < -0.4 is 0 Å². The van der Waals surface area contributed by atoms with Gasteiger partial charge < -0.3 is 14.2 Å². The normalized spacial score (nSPS) is 12.6. The van der Waals surface area contributed by atoms with Crippen molar-refractivity contribution in [1.29, 1.82) is 0 Å². The molecule has 0 spiro atoms. The maximum Gasteiger partial charge on any atom is 0.306 e. The largest absolute Gasteiger partial charge is 0.462 e. The van der Waals surface area contributed by atoms with Crippen LogP contribution in [0.15, 0.2) is 0 Å². The molecule has 0 aromatic rings. The van der Waals surface area contributed by atoms with E-state index in [-0.39, 0.29) is 31.1 Å². The fraction of sp³-hybridized carbons (Fsp3) is 0.940. The fourth-order valence-electron chi connectivity index (χ4n) is 7.38. The van der Waals surface area contributed by atoms with Crippen molar-refractivity contribution in [2.45, 2.75) is 272 Å². The van der Waals surface area contributed by atoms with Crippen LogP contribution in [-0.2, 0) is 28.6 Å². The third-order valence-corrected chi connectivity index (χ3v) is 11.5. The molecule has 0 saturated heterocycles. The Hall–Kier alpha value is -1.59. The molecule has 6 heteroatoms. The van der Waals surface area contributed by atoms with Gasteiger partial charge in [-0.05, 0) is 37.0 Å². The highest BCUT2D eigenvalue weighted by Gasteiger charge is 2.19. The average Bonchev–Trinajstić information content (AvgIpc) is 3.16. The van der Waals surface area contributed by atoms with Crippen LogP contribution in [0.1, 0.15) is 266 Å². The molecule has 56 heavy (non-hydrogen) atoms. The molecule has 1 unspecified atom stereocenters. The third kappa shape index (κ3) is 42.0. The smallest absolute Gasteiger partial charge is 0.306 e. The Morgan fingerprint density at radius 3 is 0.929 bits per heavy atom. The number of esters is 3. The van der Waals surface area contributed by atoms with Crippen molar-refractivity contribution < 1.29 is 28.6 Å². The summed E-state index contributed by atoms with van der Waals surface area (Å²) in [5, 5.41) is 0. The van der Waals surface area contributed by atoms with Gasteiger partial charge >= 0.3 is 17.9 Å². The van der Waals surface area contributed by atoms with Crippen LogP contribution in [0.4, 0.5) is 0 Å². The van der Waals surface area contributed by atoms with E-state index in [2.05, 4.69) is 41.5 Å². The molecular weight excluding hydrogens is 697 g/mol. The first kappa shape index (κ1) is 54.4. The number of hydrogen-bond acceptors (Lipinski definition) is 6. The van der Waals surface area contributed by atoms with Gasteiger partial charge in [-0.15, -0.1) is 0 Å². The Morgan fingerprint density at radius 2 is 0.625 bits per heavy atom. The minimum Gasteiger partial charge on any atom is -0.462 e. The van der Waals surface area contributed by atoms with E-state index in [9.17, 15) is 14.4 Å². The van der Waals surface area contributed by atoms with Gasteiger partial charge in [-0.1, -0.05) is 228 Å². The van der Waals surface area contributed by atoms with Crippen LogP contribution in [0.3, 0.4) is 0 Å². The van der Waals surface area contributed by atoms with Gasteiger partial charge in [-0.2, -0.15) is 0 Å². The molecule has 0 aromatic heterocycles. The highest BCUT2D eigenvalue weighted by Crippen LogP contribution is 2.18. The summed E-state index contributed by atoms with van der Waals surface area (Å²) in [6.45, 7) is 13.6. The molecule has 6 nitrogen and oxygen atoms in total. The molecule has 0 radical (unpaired) electrons. The zero-order valence-electron chi connectivity index (χ0n) is 38.4. The number of ether oxygens (including phenoxy) is 3. The van der Waals surface area contributed by atoms with Crippen molar-refractivity contribution in [3.05, 3.63) is 0 Å². The van der Waals surface area contributed by atoms with E-state index in [1.54, 1.807) is 0 Å². The second-order valence-electron chi connectivity index (χ2n) is 18.3. The van der Waals surface area contributed by atoms with E-state index in [4.69, 9.17) is 14.2 Å². The molecule has 0 aliphatic carbocycles. The van der Waals surface area contributed by atoms with Crippen molar-refractivity contribution in [2.75, 3.05) is 13.2 Å². The van der Waals surface area contributed by atoms with Gasteiger partial charge in [-0.25, -0.2) is 0 Å². The van der Waals surface area contributed by atoms with Crippen LogP contribution in [0.25, 0.3) is 0 Å². The van der Waals surface area contributed by atoms with E-state index in [1.165, 1.54) is 148 Å². The number of rotatable bonds is 43. The molecule has 0 N–H and O–H groups in total. The maximum absolute atomic E-state index is 12.8. The Balaban J connectivity index is 4.28. The molecule has 0 amide bonds. The zero-order chi connectivity index (χ0) is 41.3. The predicted molar refractivity (Wildman–Crippen MR) is 238 cm³/mol. The van der Waals surface area contributed by atoms with Gasteiger partial charge in [-0.3, -0.25) is 14.4 Å². The summed E-state index contributed by atoms with van der Waals surface area (Å²) in [6, 6.07) is 0. The first-order valence-corrected chi connectivity index (χ1v) is 24.6. The van der Waals surface area contributed by atoms with E-state index in [1.807, 2.05) is 0 Å². The first-order chi connectivity index (χ1) is 27.1. The first-order valence-electron chi connectivity index (χ1n) is 24.6. The van der Waals surface area contributed by atoms with Gasteiger partial charge in [0.2, 0.25) is 0 Å². The monoisotopic (exact) mass is 793 g/mol. The molecular formula is C50H96O6. The van der Waals surface area contributed by atoms with Gasteiger partial charge in [0.25, 0.3) is 0 Å². The summed E-state index contributed by atoms with van der Waals surface area (Å²) in [5.74, 6) is 1.58. The Labute approximate surface area is 348 Å². The Bertz CT molecular complexity index is 870. The van der Waals surface area contributed by atoms with Crippen molar-refractivity contribution in [3.8, 4) is 0 Å². The quantitative estimate of drug-likeness (QED) is 0.0348. The molecule has 332 valence electrons. The lowest BCUT2D eigenvalue weighted by atomic mass is 10.00. The van der Waals surface area contributed by atoms with Gasteiger partial charge in [0.05, 0.1) is 0 Å². The third-order valence-electron chi connectivity index (χ3n) is 11.5. The molecule has 0 heterocycles. The summed E-state index contributed by atoms with van der Waals surface area (Å²) >= 11 is 0. The van der Waals surface area contributed by atoms with Crippen LogP contribution >= 0.6 is 0 Å². The number of carbonyl (C=O) groups is 3. The van der Waals surface area contributed by atoms with E-state index < -0.39 is 6.10 Å². The van der Waals surface area contributed by atoms with E-state index >= 15 is 0 Å². The molecule has 0 aromatic carbocycles. The molecule has 0 aliphatic heterocycles. The van der Waals surface area contributed by atoms with Crippen LogP contribution in [-0.4, -0.2) is 37.2 Å². The SMILES string of the molecule is CCC(C)CCCCCCCCC(=O)OC[C@H](COC(=O)CCCCCCCCCC(C)C)OC(=O)CCCCCCCCCCCCCCCCCC(C)C. The summed E-state index contributed by atoms with van der Waals surface area (Å²) in [4.78, 5) is 37.8. The van der Waals surface area contributed by atoms with Crippen LogP contribution in [0, 0.1) is 17.8 Å². The second-order valence-corrected chi connectivity index (χ2v) is 18.3. The van der Waals surface area contributed by atoms with Crippen LogP contribution in [0.2, 0.25) is 0 Å². The molecule has 0 bridgehead atoms. The average molecular weight is 793 g/mol. The fourth-order valence-corrected chi connectivity index (χ4v) is 7.38. The van der Waals surface area contributed by atoms with Crippen molar-refractivity contribution in [3.63, 3.8) is 0 Å². The minimum atomic E-state index is -0.763. The minimum absolute atomic E-state index is 0.0667. The molecule has 0 rings (SSSR count). The molecule has 0 fully saturated rings.